The largest absolute Gasteiger partial charge is 0.497 e. The van der Waals surface area contributed by atoms with E-state index in [1.807, 2.05) is 24.3 Å². The van der Waals surface area contributed by atoms with Crippen LogP contribution in [0.5, 0.6) is 5.75 Å². The first-order valence-electron chi connectivity index (χ1n) is 5.56. The number of benzene rings is 1. The van der Waals surface area contributed by atoms with Gasteiger partial charge in [0.15, 0.2) is 0 Å². The van der Waals surface area contributed by atoms with Crippen LogP contribution >= 0.6 is 0 Å². The number of esters is 1. The highest BCUT2D eigenvalue weighted by molar-refractivity contribution is 5.89. The van der Waals surface area contributed by atoms with E-state index < -0.39 is 0 Å². The van der Waals surface area contributed by atoms with Crippen molar-refractivity contribution in [2.75, 3.05) is 19.0 Å². The molecule has 0 saturated carbocycles. The molecule has 4 nitrogen and oxygen atoms in total. The summed E-state index contributed by atoms with van der Waals surface area (Å²) in [6, 6.07) is 7.51. The van der Waals surface area contributed by atoms with E-state index in [0.717, 1.165) is 24.3 Å². The van der Waals surface area contributed by atoms with Crippen molar-refractivity contribution in [1.82, 2.24) is 0 Å². The first kappa shape index (κ1) is 11.5. The van der Waals surface area contributed by atoms with Gasteiger partial charge in [-0.25, -0.2) is 4.79 Å². The van der Waals surface area contributed by atoms with Crippen LogP contribution in [0.1, 0.15) is 12.8 Å². The zero-order valence-corrected chi connectivity index (χ0v) is 9.73. The van der Waals surface area contributed by atoms with Gasteiger partial charge in [-0.3, -0.25) is 0 Å². The molecule has 0 aliphatic carbocycles. The number of ether oxygens (including phenoxy) is 2. The summed E-state index contributed by atoms with van der Waals surface area (Å²) in [5, 5.41) is 3.08. The van der Waals surface area contributed by atoms with E-state index in [4.69, 9.17) is 9.47 Å². The molecule has 1 N–H and O–H groups in total. The number of anilines is 1. The highest BCUT2D eigenvalue weighted by Gasteiger charge is 2.15. The minimum Gasteiger partial charge on any atom is -0.497 e. The van der Waals surface area contributed by atoms with E-state index in [0.29, 0.717) is 12.2 Å². The van der Waals surface area contributed by atoms with Crippen LogP contribution in [0.2, 0.25) is 0 Å². The minimum atomic E-state index is -0.225. The standard InChI is InChI=1S/C13H15NO3/c1-16-12-6-4-11(5-7-12)14-9-10-3-2-8-17-13(10)15/h4-7,9,14H,2-3,8H2,1H3. The molecular formula is C13H15NO3. The summed E-state index contributed by atoms with van der Waals surface area (Å²) in [6.45, 7) is 0.526. The first-order chi connectivity index (χ1) is 8.29. The Kier molecular flexibility index (Phi) is 3.65. The SMILES string of the molecule is COc1ccc(NC=C2CCCOC2=O)cc1. The van der Waals surface area contributed by atoms with Crippen molar-refractivity contribution in [3.8, 4) is 5.75 Å². The van der Waals surface area contributed by atoms with Gasteiger partial charge in [0.25, 0.3) is 0 Å². The summed E-state index contributed by atoms with van der Waals surface area (Å²) in [5.41, 5.74) is 1.60. The second kappa shape index (κ2) is 5.39. The molecule has 1 aliphatic rings. The summed E-state index contributed by atoms with van der Waals surface area (Å²) >= 11 is 0. The van der Waals surface area contributed by atoms with E-state index in [2.05, 4.69) is 5.32 Å². The summed E-state index contributed by atoms with van der Waals surface area (Å²) in [5.74, 6) is 0.581. The van der Waals surface area contributed by atoms with Gasteiger partial charge in [0.05, 0.1) is 19.3 Å². The van der Waals surface area contributed by atoms with Crippen molar-refractivity contribution in [3.63, 3.8) is 0 Å². The average Bonchev–Trinajstić information content (AvgIpc) is 2.38. The zero-order chi connectivity index (χ0) is 12.1. The van der Waals surface area contributed by atoms with Crippen molar-refractivity contribution in [3.05, 3.63) is 36.0 Å². The lowest BCUT2D eigenvalue weighted by Crippen LogP contribution is -2.16. The lowest BCUT2D eigenvalue weighted by molar-refractivity contribution is -0.141. The molecule has 4 heteroatoms. The topological polar surface area (TPSA) is 47.6 Å². The van der Waals surface area contributed by atoms with Gasteiger partial charge in [-0.05, 0) is 37.1 Å². The lowest BCUT2D eigenvalue weighted by atomic mass is 10.1. The Morgan fingerprint density at radius 1 is 1.35 bits per heavy atom. The first-order valence-corrected chi connectivity index (χ1v) is 5.56. The number of carbonyl (C=O) groups is 1. The molecule has 0 unspecified atom stereocenters. The average molecular weight is 233 g/mol. The summed E-state index contributed by atoms with van der Waals surface area (Å²) in [6.07, 6.45) is 3.37. The van der Waals surface area contributed by atoms with Crippen LogP contribution < -0.4 is 10.1 Å². The molecule has 1 saturated heterocycles. The number of carbonyl (C=O) groups excluding carboxylic acids is 1. The Morgan fingerprint density at radius 3 is 2.76 bits per heavy atom. The fraction of sp³-hybridized carbons (Fsp3) is 0.308. The Labute approximate surface area is 100 Å². The number of hydrogen-bond donors (Lipinski definition) is 1. The normalized spacial score (nSPS) is 17.7. The van der Waals surface area contributed by atoms with E-state index in [1.54, 1.807) is 13.3 Å². The Morgan fingerprint density at radius 2 is 2.12 bits per heavy atom. The second-order valence-electron chi connectivity index (χ2n) is 3.78. The maximum absolute atomic E-state index is 11.4. The monoisotopic (exact) mass is 233 g/mol. The predicted molar refractivity (Wildman–Crippen MR) is 64.9 cm³/mol. The maximum atomic E-state index is 11.4. The molecule has 1 heterocycles. The Balaban J connectivity index is 2.00. The highest BCUT2D eigenvalue weighted by atomic mass is 16.5. The smallest absolute Gasteiger partial charge is 0.335 e. The third-order valence-corrected chi connectivity index (χ3v) is 2.59. The molecule has 17 heavy (non-hydrogen) atoms. The number of methoxy groups -OCH3 is 1. The van der Waals surface area contributed by atoms with Crippen molar-refractivity contribution in [2.24, 2.45) is 0 Å². The van der Waals surface area contributed by atoms with Crippen LogP contribution in [-0.4, -0.2) is 19.7 Å². The molecule has 0 spiro atoms. The molecule has 1 fully saturated rings. The van der Waals surface area contributed by atoms with Gasteiger partial charge >= 0.3 is 5.97 Å². The molecule has 0 atom stereocenters. The fourth-order valence-corrected chi connectivity index (χ4v) is 1.61. The van der Waals surface area contributed by atoms with Crippen molar-refractivity contribution < 1.29 is 14.3 Å². The van der Waals surface area contributed by atoms with Gasteiger partial charge in [-0.1, -0.05) is 0 Å². The quantitative estimate of drug-likeness (QED) is 0.643. The van der Waals surface area contributed by atoms with E-state index in [-0.39, 0.29) is 5.97 Å². The predicted octanol–water partition coefficient (Wildman–Crippen LogP) is 2.33. The van der Waals surface area contributed by atoms with Gasteiger partial charge in [-0.2, -0.15) is 0 Å². The molecule has 0 bridgehead atoms. The molecule has 90 valence electrons. The van der Waals surface area contributed by atoms with Crippen LogP contribution in [0.15, 0.2) is 36.0 Å². The van der Waals surface area contributed by atoms with Crippen LogP contribution in [0.4, 0.5) is 5.69 Å². The Hall–Kier alpha value is -1.97. The van der Waals surface area contributed by atoms with E-state index in [9.17, 15) is 4.79 Å². The molecule has 0 amide bonds. The molecule has 1 aromatic carbocycles. The molecular weight excluding hydrogens is 218 g/mol. The summed E-state index contributed by atoms with van der Waals surface area (Å²) in [7, 11) is 1.63. The second-order valence-corrected chi connectivity index (χ2v) is 3.78. The molecule has 1 aromatic rings. The maximum Gasteiger partial charge on any atom is 0.335 e. The Bertz CT molecular complexity index is 423. The van der Waals surface area contributed by atoms with E-state index >= 15 is 0 Å². The van der Waals surface area contributed by atoms with Gasteiger partial charge < -0.3 is 14.8 Å². The lowest BCUT2D eigenvalue weighted by Gasteiger charge is -2.14. The van der Waals surface area contributed by atoms with Crippen molar-refractivity contribution in [2.45, 2.75) is 12.8 Å². The van der Waals surface area contributed by atoms with Crippen molar-refractivity contribution in [1.29, 1.82) is 0 Å². The fourth-order valence-electron chi connectivity index (χ4n) is 1.61. The van der Waals surface area contributed by atoms with Gasteiger partial charge in [-0.15, -0.1) is 0 Å². The number of cyclic esters (lactones) is 1. The van der Waals surface area contributed by atoms with Gasteiger partial charge in [0, 0.05) is 11.9 Å². The number of hydrogen-bond acceptors (Lipinski definition) is 4. The highest BCUT2D eigenvalue weighted by Crippen LogP contribution is 2.17. The van der Waals surface area contributed by atoms with Gasteiger partial charge in [0.2, 0.25) is 0 Å². The third kappa shape index (κ3) is 3.00. The molecule has 0 radical (unpaired) electrons. The number of nitrogens with one attached hydrogen (secondary N) is 1. The zero-order valence-electron chi connectivity index (χ0n) is 9.73. The molecule has 2 rings (SSSR count). The summed E-state index contributed by atoms with van der Waals surface area (Å²) in [4.78, 5) is 11.4. The van der Waals surface area contributed by atoms with Crippen LogP contribution in [0.3, 0.4) is 0 Å². The molecule has 1 aliphatic heterocycles. The van der Waals surface area contributed by atoms with Gasteiger partial charge in [0.1, 0.15) is 5.75 Å². The molecule has 0 aromatic heterocycles. The van der Waals surface area contributed by atoms with Crippen LogP contribution in [-0.2, 0) is 9.53 Å². The van der Waals surface area contributed by atoms with Crippen molar-refractivity contribution >= 4 is 11.7 Å². The third-order valence-electron chi connectivity index (χ3n) is 2.59. The minimum absolute atomic E-state index is 0.225. The van der Waals surface area contributed by atoms with E-state index in [1.165, 1.54) is 0 Å². The number of rotatable bonds is 3. The summed E-state index contributed by atoms with van der Waals surface area (Å²) < 4.78 is 10.0. The van der Waals surface area contributed by atoms with Crippen LogP contribution in [0, 0.1) is 0 Å². The van der Waals surface area contributed by atoms with Crippen LogP contribution in [0.25, 0.3) is 0 Å².